The summed E-state index contributed by atoms with van der Waals surface area (Å²) in [6.45, 7) is 6.24. The maximum absolute atomic E-state index is 12.4. The van der Waals surface area contributed by atoms with Crippen LogP contribution in [0.15, 0.2) is 24.3 Å². The summed E-state index contributed by atoms with van der Waals surface area (Å²) in [5.74, 6) is -2.97. The molecular weight excluding hydrogens is 280 g/mol. The van der Waals surface area contributed by atoms with Gasteiger partial charge in [0.15, 0.2) is 0 Å². The van der Waals surface area contributed by atoms with Crippen LogP contribution >= 0.6 is 0 Å². The van der Waals surface area contributed by atoms with Crippen molar-refractivity contribution >= 4 is 17.3 Å². The molecule has 4 unspecified atom stereocenters. The Morgan fingerprint density at radius 1 is 1.14 bits per heavy atom. The first-order valence-electron chi connectivity index (χ1n) is 7.47. The highest BCUT2D eigenvalue weighted by Crippen LogP contribution is 2.46. The first-order chi connectivity index (χ1) is 10.1. The van der Waals surface area contributed by atoms with Crippen LogP contribution in [0.3, 0.4) is 0 Å². The molecule has 0 heterocycles. The van der Waals surface area contributed by atoms with E-state index < -0.39 is 23.4 Å². The van der Waals surface area contributed by atoms with Crippen LogP contribution in [0.25, 0.3) is 0 Å². The maximum atomic E-state index is 12.4. The van der Waals surface area contributed by atoms with Gasteiger partial charge in [-0.25, -0.2) is 0 Å². The van der Waals surface area contributed by atoms with E-state index in [0.29, 0.717) is 0 Å². The fourth-order valence-corrected chi connectivity index (χ4v) is 3.70. The lowest BCUT2D eigenvalue weighted by Gasteiger charge is -2.44. The highest BCUT2D eigenvalue weighted by molar-refractivity contribution is 6.05. The Morgan fingerprint density at radius 2 is 1.68 bits per heavy atom. The fraction of sp³-hybridized carbons (Fsp3) is 0.500. The van der Waals surface area contributed by atoms with Crippen LogP contribution < -0.4 is 0 Å². The third-order valence-electron chi connectivity index (χ3n) is 4.61. The van der Waals surface area contributed by atoms with Crippen molar-refractivity contribution in [2.45, 2.75) is 45.6 Å². The number of ketones is 3. The van der Waals surface area contributed by atoms with Crippen LogP contribution in [0, 0.1) is 18.8 Å². The first-order valence-corrected chi connectivity index (χ1v) is 7.47. The first kappa shape index (κ1) is 16.6. The van der Waals surface area contributed by atoms with Crippen LogP contribution in [-0.4, -0.2) is 28.1 Å². The third kappa shape index (κ3) is 2.88. The van der Waals surface area contributed by atoms with E-state index >= 15 is 0 Å². The van der Waals surface area contributed by atoms with Gasteiger partial charge in [0, 0.05) is 12.3 Å². The quantitative estimate of drug-likeness (QED) is 0.869. The minimum absolute atomic E-state index is 0.163. The van der Waals surface area contributed by atoms with Crippen LogP contribution in [0.1, 0.15) is 44.2 Å². The Balaban J connectivity index is 2.61. The van der Waals surface area contributed by atoms with E-state index in [0.717, 1.165) is 11.1 Å². The normalized spacial score (nSPS) is 31.9. The standard InChI is InChI=1S/C18H22O4/c1-10-5-7-13(8-6-10)16-15(11(2)19)14(21)9-18(4,22)17(16)12(3)20/h5-8,15-17,22H,9H2,1-4H3. The van der Waals surface area contributed by atoms with Gasteiger partial charge in [-0.05, 0) is 33.3 Å². The molecule has 1 aliphatic rings. The van der Waals surface area contributed by atoms with Gasteiger partial charge in [0.1, 0.15) is 17.3 Å². The van der Waals surface area contributed by atoms with Gasteiger partial charge >= 0.3 is 0 Å². The smallest absolute Gasteiger partial charge is 0.146 e. The van der Waals surface area contributed by atoms with Crippen molar-refractivity contribution in [3.63, 3.8) is 0 Å². The van der Waals surface area contributed by atoms with E-state index in [1.807, 2.05) is 31.2 Å². The zero-order chi connectivity index (χ0) is 16.7. The van der Waals surface area contributed by atoms with E-state index in [1.54, 1.807) is 0 Å². The lowest BCUT2D eigenvalue weighted by Crippen LogP contribution is -2.53. The number of aliphatic hydroxyl groups is 1. The molecule has 0 aromatic heterocycles. The Hall–Kier alpha value is -1.81. The third-order valence-corrected chi connectivity index (χ3v) is 4.61. The summed E-state index contributed by atoms with van der Waals surface area (Å²) in [5, 5.41) is 10.6. The van der Waals surface area contributed by atoms with E-state index in [4.69, 9.17) is 0 Å². The molecule has 118 valence electrons. The Morgan fingerprint density at radius 3 is 2.14 bits per heavy atom. The van der Waals surface area contributed by atoms with E-state index in [9.17, 15) is 19.5 Å². The monoisotopic (exact) mass is 302 g/mol. The summed E-state index contributed by atoms with van der Waals surface area (Å²) in [6.07, 6.45) is -0.163. The van der Waals surface area contributed by atoms with Gasteiger partial charge in [-0.15, -0.1) is 0 Å². The Bertz CT molecular complexity index is 612. The lowest BCUT2D eigenvalue weighted by molar-refractivity contribution is -0.151. The minimum Gasteiger partial charge on any atom is -0.389 e. The number of hydrogen-bond donors (Lipinski definition) is 1. The highest BCUT2D eigenvalue weighted by atomic mass is 16.3. The predicted molar refractivity (Wildman–Crippen MR) is 82.5 cm³/mol. The van der Waals surface area contributed by atoms with Gasteiger partial charge in [-0.3, -0.25) is 14.4 Å². The zero-order valence-corrected chi connectivity index (χ0v) is 13.4. The molecule has 1 aliphatic carbocycles. The molecule has 1 saturated carbocycles. The maximum Gasteiger partial charge on any atom is 0.146 e. The molecule has 0 radical (unpaired) electrons. The fourth-order valence-electron chi connectivity index (χ4n) is 3.70. The molecule has 0 aliphatic heterocycles. The van der Waals surface area contributed by atoms with Gasteiger partial charge in [-0.2, -0.15) is 0 Å². The summed E-state index contributed by atoms with van der Waals surface area (Å²) < 4.78 is 0. The van der Waals surface area contributed by atoms with Crippen LogP contribution in [0.4, 0.5) is 0 Å². The lowest BCUT2D eigenvalue weighted by atomic mass is 9.60. The summed E-state index contributed by atoms with van der Waals surface area (Å²) in [6, 6.07) is 7.44. The molecular formula is C18H22O4. The van der Waals surface area contributed by atoms with Gasteiger partial charge in [-0.1, -0.05) is 29.8 Å². The average Bonchev–Trinajstić information content (AvgIpc) is 2.36. The molecule has 4 heteroatoms. The van der Waals surface area contributed by atoms with Gasteiger partial charge in [0.2, 0.25) is 0 Å². The van der Waals surface area contributed by atoms with Crippen molar-refractivity contribution in [1.82, 2.24) is 0 Å². The van der Waals surface area contributed by atoms with E-state index in [-0.39, 0.29) is 23.8 Å². The summed E-state index contributed by atoms with van der Waals surface area (Å²) in [7, 11) is 0. The molecule has 22 heavy (non-hydrogen) atoms. The van der Waals surface area contributed by atoms with Gasteiger partial charge in [0.05, 0.1) is 17.4 Å². The van der Waals surface area contributed by atoms with Crippen LogP contribution in [0.5, 0.6) is 0 Å². The minimum atomic E-state index is -1.43. The molecule has 4 atom stereocenters. The highest BCUT2D eigenvalue weighted by Gasteiger charge is 2.53. The number of Topliss-reactive ketones (excluding diaryl/α,β-unsaturated/α-hetero) is 3. The number of carbonyl (C=O) groups is 3. The molecule has 0 saturated heterocycles. The SMILES string of the molecule is CC(=O)C1C(=O)CC(C)(O)C(C(C)=O)C1c1ccc(C)cc1. The molecule has 1 aromatic carbocycles. The number of aryl methyl sites for hydroxylation is 1. The molecule has 1 aromatic rings. The summed E-state index contributed by atoms with van der Waals surface area (Å²) in [4.78, 5) is 36.6. The topological polar surface area (TPSA) is 71.4 Å². The molecule has 1 N–H and O–H groups in total. The van der Waals surface area contributed by atoms with Crippen molar-refractivity contribution < 1.29 is 19.5 Å². The molecule has 0 bridgehead atoms. The Labute approximate surface area is 130 Å². The Kier molecular flexibility index (Phi) is 4.34. The summed E-state index contributed by atoms with van der Waals surface area (Å²) in [5.41, 5.74) is 0.375. The van der Waals surface area contributed by atoms with E-state index in [2.05, 4.69) is 0 Å². The second-order valence-electron chi connectivity index (χ2n) is 6.61. The number of carbonyl (C=O) groups excluding carboxylic acids is 3. The van der Waals surface area contributed by atoms with Gasteiger partial charge in [0.25, 0.3) is 0 Å². The van der Waals surface area contributed by atoms with Crippen molar-refractivity contribution in [2.24, 2.45) is 11.8 Å². The van der Waals surface area contributed by atoms with Crippen molar-refractivity contribution in [2.75, 3.05) is 0 Å². The second-order valence-corrected chi connectivity index (χ2v) is 6.61. The largest absolute Gasteiger partial charge is 0.389 e. The number of rotatable bonds is 3. The molecule has 0 spiro atoms. The van der Waals surface area contributed by atoms with Crippen molar-refractivity contribution in [1.29, 1.82) is 0 Å². The van der Waals surface area contributed by atoms with Crippen molar-refractivity contribution in [3.8, 4) is 0 Å². The number of hydrogen-bond acceptors (Lipinski definition) is 4. The second kappa shape index (κ2) is 5.76. The number of benzene rings is 1. The van der Waals surface area contributed by atoms with Crippen molar-refractivity contribution in [3.05, 3.63) is 35.4 Å². The average molecular weight is 302 g/mol. The molecule has 0 amide bonds. The van der Waals surface area contributed by atoms with Gasteiger partial charge < -0.3 is 5.11 Å². The zero-order valence-electron chi connectivity index (χ0n) is 13.4. The predicted octanol–water partition coefficient (Wildman–Crippen LogP) is 2.21. The summed E-state index contributed by atoms with van der Waals surface area (Å²) >= 11 is 0. The molecule has 1 fully saturated rings. The molecule has 4 nitrogen and oxygen atoms in total. The van der Waals surface area contributed by atoms with Crippen LogP contribution in [-0.2, 0) is 14.4 Å². The van der Waals surface area contributed by atoms with E-state index in [1.165, 1.54) is 20.8 Å². The molecule has 2 rings (SSSR count). The van der Waals surface area contributed by atoms with Crippen LogP contribution in [0.2, 0.25) is 0 Å².